The summed E-state index contributed by atoms with van der Waals surface area (Å²) in [6.45, 7) is 0.936. The maximum absolute atomic E-state index is 13.6. The third-order valence-electron chi connectivity index (χ3n) is 5.76. The van der Waals surface area contributed by atoms with Crippen molar-refractivity contribution in [2.75, 3.05) is 37.3 Å². The van der Waals surface area contributed by atoms with E-state index in [4.69, 9.17) is 0 Å². The molecule has 1 aliphatic heterocycles. The van der Waals surface area contributed by atoms with E-state index in [9.17, 15) is 36.3 Å². The summed E-state index contributed by atoms with van der Waals surface area (Å²) in [6.07, 6.45) is -3.86. The molecular formula is C26H22F3N5O5S. The molecule has 1 aliphatic rings. The lowest BCUT2D eigenvalue weighted by Gasteiger charge is -2.35. The average Bonchev–Trinajstić information content (AvgIpc) is 2.90. The van der Waals surface area contributed by atoms with Crippen molar-refractivity contribution < 1.29 is 36.3 Å². The zero-order chi connectivity index (χ0) is 29.1. The predicted molar refractivity (Wildman–Crippen MR) is 138 cm³/mol. The van der Waals surface area contributed by atoms with Gasteiger partial charge in [0.15, 0.2) is 11.5 Å². The van der Waals surface area contributed by atoms with Gasteiger partial charge in [-0.2, -0.15) is 13.2 Å². The Morgan fingerprint density at radius 1 is 0.950 bits per heavy atom. The molecule has 1 fully saturated rings. The van der Waals surface area contributed by atoms with Crippen LogP contribution in [0.5, 0.6) is 5.75 Å². The Balaban J connectivity index is 1.47. The van der Waals surface area contributed by atoms with Crippen molar-refractivity contribution in [3.63, 3.8) is 0 Å². The molecule has 0 atom stereocenters. The maximum atomic E-state index is 13.6. The Morgan fingerprint density at radius 2 is 1.65 bits per heavy atom. The second-order valence-electron chi connectivity index (χ2n) is 8.86. The fourth-order valence-corrected chi connectivity index (χ4v) is 4.31. The first kappa shape index (κ1) is 28.4. The molecule has 10 nitrogen and oxygen atoms in total. The first-order chi connectivity index (χ1) is 18.8. The van der Waals surface area contributed by atoms with Gasteiger partial charge in [0, 0.05) is 42.9 Å². The number of phenols is 1. The molecule has 1 aromatic heterocycles. The van der Waals surface area contributed by atoms with Crippen LogP contribution in [0.4, 0.5) is 19.0 Å². The Bertz CT molecular complexity index is 1610. The second kappa shape index (κ2) is 11.2. The van der Waals surface area contributed by atoms with Gasteiger partial charge in [-0.05, 0) is 48.5 Å². The lowest BCUT2D eigenvalue weighted by atomic mass is 10.0. The maximum Gasteiger partial charge on any atom is 0.416 e. The number of phenolic OH excluding ortho intramolecular Hbond substituents is 1. The van der Waals surface area contributed by atoms with Crippen molar-refractivity contribution in [2.24, 2.45) is 0 Å². The number of aromatic nitrogens is 2. The summed E-state index contributed by atoms with van der Waals surface area (Å²) in [7, 11) is -3.76. The molecule has 4 rings (SSSR count). The van der Waals surface area contributed by atoms with Crippen LogP contribution in [0.25, 0.3) is 0 Å². The molecular weight excluding hydrogens is 551 g/mol. The smallest absolute Gasteiger partial charge is 0.416 e. The summed E-state index contributed by atoms with van der Waals surface area (Å²) in [4.78, 5) is 28.2. The second-order valence-corrected chi connectivity index (χ2v) is 10.6. The van der Waals surface area contributed by atoms with Gasteiger partial charge in [0.2, 0.25) is 10.0 Å². The molecule has 0 unspecified atom stereocenters. The summed E-state index contributed by atoms with van der Waals surface area (Å²) in [5.41, 5.74) is -0.975. The fraction of sp³-hybridized carbons (Fsp3) is 0.231. The molecule has 2 amide bonds. The minimum atomic E-state index is -4.69. The topological polar surface area (TPSA) is 133 Å². The van der Waals surface area contributed by atoms with Crippen LogP contribution in [0.3, 0.4) is 0 Å². The first-order valence-corrected chi connectivity index (χ1v) is 13.6. The number of hydrogen-bond acceptors (Lipinski definition) is 8. The van der Waals surface area contributed by atoms with Crippen LogP contribution in [0, 0.1) is 11.8 Å². The van der Waals surface area contributed by atoms with E-state index in [-0.39, 0.29) is 35.7 Å². The molecule has 2 N–H and O–H groups in total. The highest BCUT2D eigenvalue weighted by molar-refractivity contribution is 7.89. The van der Waals surface area contributed by atoms with Crippen molar-refractivity contribution in [2.45, 2.75) is 6.18 Å². The molecule has 3 aromatic rings. The van der Waals surface area contributed by atoms with Crippen LogP contribution in [-0.2, 0) is 16.2 Å². The van der Waals surface area contributed by atoms with E-state index in [1.165, 1.54) is 35.2 Å². The van der Waals surface area contributed by atoms with Crippen LogP contribution in [0.2, 0.25) is 0 Å². The summed E-state index contributed by atoms with van der Waals surface area (Å²) in [5, 5.41) is 17.3. The van der Waals surface area contributed by atoms with Crippen molar-refractivity contribution >= 4 is 27.7 Å². The summed E-state index contributed by atoms with van der Waals surface area (Å²) < 4.78 is 65.0. The van der Waals surface area contributed by atoms with E-state index in [2.05, 4.69) is 22.0 Å². The van der Waals surface area contributed by atoms with E-state index in [1.54, 1.807) is 21.8 Å². The zero-order valence-electron chi connectivity index (χ0n) is 20.9. The van der Waals surface area contributed by atoms with Gasteiger partial charge in [-0.1, -0.05) is 17.9 Å². The Morgan fingerprint density at radius 3 is 2.25 bits per heavy atom. The molecule has 0 spiro atoms. The highest BCUT2D eigenvalue weighted by Gasteiger charge is 2.33. The Kier molecular flexibility index (Phi) is 7.96. The highest BCUT2D eigenvalue weighted by Crippen LogP contribution is 2.31. The van der Waals surface area contributed by atoms with E-state index in [1.807, 2.05) is 0 Å². The number of piperazine rings is 1. The van der Waals surface area contributed by atoms with E-state index in [0.717, 1.165) is 18.4 Å². The van der Waals surface area contributed by atoms with Gasteiger partial charge < -0.3 is 14.9 Å². The van der Waals surface area contributed by atoms with Gasteiger partial charge in [-0.15, -0.1) is 10.2 Å². The van der Waals surface area contributed by atoms with E-state index in [0.29, 0.717) is 24.5 Å². The molecule has 0 saturated carbocycles. The number of amides is 2. The number of aromatic hydroxyl groups is 1. The first-order valence-electron chi connectivity index (χ1n) is 11.7. The van der Waals surface area contributed by atoms with Crippen LogP contribution < -0.4 is 9.62 Å². The third kappa shape index (κ3) is 7.26. The number of carbonyl (C=O) groups excluding carboxylic acids is 2. The van der Waals surface area contributed by atoms with Crippen LogP contribution in [0.1, 0.15) is 37.5 Å². The zero-order valence-corrected chi connectivity index (χ0v) is 21.8. The van der Waals surface area contributed by atoms with E-state index >= 15 is 0 Å². The summed E-state index contributed by atoms with van der Waals surface area (Å²) in [5.74, 6) is 4.16. The fourth-order valence-electron chi connectivity index (χ4n) is 3.87. The molecule has 1 saturated heterocycles. The number of hydrogen-bond donors (Lipinski definition) is 2. The number of benzene rings is 2. The molecule has 0 radical (unpaired) electrons. The lowest BCUT2D eigenvalue weighted by molar-refractivity contribution is -0.137. The monoisotopic (exact) mass is 573 g/mol. The summed E-state index contributed by atoms with van der Waals surface area (Å²) in [6, 6.07) is 11.7. The van der Waals surface area contributed by atoms with Crippen LogP contribution in [-0.4, -0.2) is 72.9 Å². The van der Waals surface area contributed by atoms with Gasteiger partial charge in [0.05, 0.1) is 11.8 Å². The largest absolute Gasteiger partial charge is 0.508 e. The van der Waals surface area contributed by atoms with Crippen molar-refractivity contribution in [3.8, 4) is 17.6 Å². The molecule has 0 aliphatic carbocycles. The number of nitrogens with zero attached hydrogens (tertiary/aromatic N) is 4. The van der Waals surface area contributed by atoms with Gasteiger partial charge >= 0.3 is 6.18 Å². The summed E-state index contributed by atoms with van der Waals surface area (Å²) >= 11 is 0. The Labute approximate surface area is 227 Å². The highest BCUT2D eigenvalue weighted by atomic mass is 32.2. The normalized spacial score (nSPS) is 13.8. The van der Waals surface area contributed by atoms with Crippen LogP contribution >= 0.6 is 0 Å². The minimum absolute atomic E-state index is 0.00423. The van der Waals surface area contributed by atoms with Crippen molar-refractivity contribution in [1.82, 2.24) is 19.8 Å². The number of alkyl halides is 3. The van der Waals surface area contributed by atoms with Crippen molar-refractivity contribution in [1.29, 1.82) is 0 Å². The number of rotatable bonds is 4. The number of halogens is 3. The standard InChI is InChI=1S/C26H22F3N5O5S/c1-40(38,39)32-24(36)22-7-8-23(31-30-22)33-9-11-34(12-10-33)25(37)19-13-18(14-20(16-19)26(27,28)29)6-5-17-3-2-4-21(35)15-17/h2-4,7-8,13-16,35H,9-12H2,1H3,(H,32,36). The molecule has 14 heteroatoms. The minimum Gasteiger partial charge on any atom is -0.508 e. The number of carbonyl (C=O) groups is 2. The van der Waals surface area contributed by atoms with Gasteiger partial charge in [0.1, 0.15) is 5.75 Å². The molecule has 0 bridgehead atoms. The predicted octanol–water partition coefficient (Wildman–Crippen LogP) is 2.25. The van der Waals surface area contributed by atoms with Gasteiger partial charge in [-0.3, -0.25) is 9.59 Å². The molecule has 208 valence electrons. The lowest BCUT2D eigenvalue weighted by Crippen LogP contribution is -2.49. The third-order valence-corrected chi connectivity index (χ3v) is 6.31. The van der Waals surface area contributed by atoms with Crippen LogP contribution in [0.15, 0.2) is 54.6 Å². The SMILES string of the molecule is CS(=O)(=O)NC(=O)c1ccc(N2CCN(C(=O)c3cc(C#Cc4cccc(O)c4)cc(C(F)(F)F)c3)CC2)nn1. The molecule has 2 aromatic carbocycles. The molecule has 2 heterocycles. The van der Waals surface area contributed by atoms with Crippen molar-refractivity contribution in [3.05, 3.63) is 82.5 Å². The Hall–Kier alpha value is -4.64. The number of nitrogens with one attached hydrogen (secondary N) is 1. The number of sulfonamides is 1. The van der Waals surface area contributed by atoms with Gasteiger partial charge in [0.25, 0.3) is 11.8 Å². The molecule has 40 heavy (non-hydrogen) atoms. The van der Waals surface area contributed by atoms with Gasteiger partial charge in [-0.25, -0.2) is 13.1 Å². The van der Waals surface area contributed by atoms with E-state index < -0.39 is 33.6 Å². The average molecular weight is 574 g/mol. The quantitative estimate of drug-likeness (QED) is 0.455. The number of anilines is 1.